The van der Waals surface area contributed by atoms with E-state index in [0.29, 0.717) is 5.02 Å². The molecule has 1 aromatic heterocycles. The lowest BCUT2D eigenvalue weighted by molar-refractivity contribution is 1.33. The van der Waals surface area contributed by atoms with Gasteiger partial charge >= 0.3 is 0 Å². The van der Waals surface area contributed by atoms with Gasteiger partial charge < -0.3 is 0 Å². The van der Waals surface area contributed by atoms with Crippen LogP contribution in [0, 0.1) is 10.5 Å². The second kappa shape index (κ2) is 3.83. The summed E-state index contributed by atoms with van der Waals surface area (Å²) < 4.78 is 0.990. The average Bonchev–Trinajstić information content (AvgIpc) is 2.15. The minimum atomic E-state index is 0.715. The van der Waals surface area contributed by atoms with Crippen LogP contribution in [0.3, 0.4) is 0 Å². The highest BCUT2D eigenvalue weighted by atomic mass is 127. The zero-order valence-corrected chi connectivity index (χ0v) is 11.0. The number of hydrogen-bond acceptors (Lipinski definition) is 1. The van der Waals surface area contributed by atoms with Crippen LogP contribution in [-0.4, -0.2) is 4.98 Å². The van der Waals surface area contributed by atoms with E-state index in [1.807, 2.05) is 19.1 Å². The van der Waals surface area contributed by atoms with Gasteiger partial charge in [-0.3, -0.25) is 4.98 Å². The maximum Gasteiger partial charge on any atom is 0.0728 e. The molecule has 2 aromatic rings. The van der Waals surface area contributed by atoms with Crippen LogP contribution in [0.2, 0.25) is 10.0 Å². The minimum absolute atomic E-state index is 0.715. The number of fused-ring (bicyclic) bond motifs is 1. The summed E-state index contributed by atoms with van der Waals surface area (Å²) in [6.45, 7) is 1.93. The lowest BCUT2D eigenvalue weighted by Crippen LogP contribution is -1.85. The Kier molecular flexibility index (Phi) is 2.86. The van der Waals surface area contributed by atoms with Crippen molar-refractivity contribution in [1.82, 2.24) is 4.98 Å². The highest BCUT2D eigenvalue weighted by Gasteiger charge is 2.06. The second-order valence-corrected chi connectivity index (χ2v) is 4.99. The Morgan fingerprint density at radius 2 is 2.00 bits per heavy atom. The van der Waals surface area contributed by atoms with Gasteiger partial charge in [-0.25, -0.2) is 0 Å². The van der Waals surface area contributed by atoms with E-state index in [9.17, 15) is 0 Å². The van der Waals surface area contributed by atoms with Crippen LogP contribution in [0.1, 0.15) is 5.56 Å². The van der Waals surface area contributed by atoms with Crippen molar-refractivity contribution < 1.29 is 0 Å². The van der Waals surface area contributed by atoms with E-state index < -0.39 is 0 Å². The maximum absolute atomic E-state index is 6.15. The van der Waals surface area contributed by atoms with Crippen LogP contribution in [0.15, 0.2) is 18.3 Å². The Morgan fingerprint density at radius 3 is 2.71 bits per heavy atom. The first-order valence-corrected chi connectivity index (χ1v) is 5.83. The van der Waals surface area contributed by atoms with E-state index in [0.717, 1.165) is 25.1 Å². The van der Waals surface area contributed by atoms with Gasteiger partial charge in [-0.2, -0.15) is 0 Å². The Morgan fingerprint density at radius 1 is 1.29 bits per heavy atom. The third kappa shape index (κ3) is 1.71. The fourth-order valence-electron chi connectivity index (χ4n) is 1.25. The first kappa shape index (κ1) is 10.5. The summed E-state index contributed by atoms with van der Waals surface area (Å²) in [7, 11) is 0. The molecule has 0 amide bonds. The van der Waals surface area contributed by atoms with E-state index in [1.165, 1.54) is 0 Å². The van der Waals surface area contributed by atoms with Gasteiger partial charge in [0, 0.05) is 15.2 Å². The third-order valence-corrected chi connectivity index (χ3v) is 4.04. The third-order valence-electron chi connectivity index (χ3n) is 2.02. The summed E-state index contributed by atoms with van der Waals surface area (Å²) in [5.41, 5.74) is 1.85. The standard InChI is InChI=1S/C10H6Cl2IN/c1-5-4-14-9-3-8(13)7(11)2-6(9)10(5)12/h2-4H,1H3. The Hall–Kier alpha value is -0.0600. The van der Waals surface area contributed by atoms with Crippen LogP contribution >= 0.6 is 45.8 Å². The zero-order valence-electron chi connectivity index (χ0n) is 7.31. The fraction of sp³-hybridized carbons (Fsp3) is 0.100. The molecule has 0 radical (unpaired) electrons. The van der Waals surface area contributed by atoms with Crippen LogP contribution in [0.25, 0.3) is 10.9 Å². The predicted octanol–water partition coefficient (Wildman–Crippen LogP) is 4.45. The Labute approximate surface area is 106 Å². The number of halogens is 3. The molecule has 0 atom stereocenters. The molecule has 0 aliphatic rings. The molecule has 0 N–H and O–H groups in total. The molecule has 0 bridgehead atoms. The summed E-state index contributed by atoms with van der Waals surface area (Å²) in [5.74, 6) is 0. The van der Waals surface area contributed by atoms with Gasteiger partial charge in [-0.05, 0) is 47.2 Å². The van der Waals surface area contributed by atoms with Gasteiger partial charge in [-0.1, -0.05) is 23.2 Å². The number of hydrogen-bond donors (Lipinski definition) is 0. The van der Waals surface area contributed by atoms with Crippen molar-refractivity contribution in [2.75, 3.05) is 0 Å². The van der Waals surface area contributed by atoms with E-state index in [1.54, 1.807) is 6.20 Å². The van der Waals surface area contributed by atoms with Crippen molar-refractivity contribution >= 4 is 56.7 Å². The number of nitrogens with zero attached hydrogens (tertiary/aromatic N) is 1. The molecule has 1 heterocycles. The minimum Gasteiger partial charge on any atom is -0.256 e. The van der Waals surface area contributed by atoms with Gasteiger partial charge in [0.25, 0.3) is 0 Å². The monoisotopic (exact) mass is 337 g/mol. The molecule has 0 unspecified atom stereocenters. The predicted molar refractivity (Wildman–Crippen MR) is 69.2 cm³/mol. The smallest absolute Gasteiger partial charge is 0.0728 e. The van der Waals surface area contributed by atoms with Gasteiger partial charge in [0.2, 0.25) is 0 Å². The molecule has 72 valence electrons. The molecule has 0 aliphatic heterocycles. The normalized spacial score (nSPS) is 10.9. The van der Waals surface area contributed by atoms with Crippen LogP contribution in [0.5, 0.6) is 0 Å². The molecule has 0 aliphatic carbocycles. The molecule has 4 heteroatoms. The first-order valence-electron chi connectivity index (χ1n) is 3.99. The van der Waals surface area contributed by atoms with Crippen LogP contribution < -0.4 is 0 Å². The van der Waals surface area contributed by atoms with Crippen molar-refractivity contribution in [2.45, 2.75) is 6.92 Å². The highest BCUT2D eigenvalue weighted by Crippen LogP contribution is 2.30. The van der Waals surface area contributed by atoms with Crippen molar-refractivity contribution in [2.24, 2.45) is 0 Å². The average molecular weight is 338 g/mol. The fourth-order valence-corrected chi connectivity index (χ4v) is 2.07. The zero-order chi connectivity index (χ0) is 10.3. The molecule has 0 saturated heterocycles. The van der Waals surface area contributed by atoms with Crippen molar-refractivity contribution in [3.05, 3.63) is 37.5 Å². The lowest BCUT2D eigenvalue weighted by atomic mass is 10.2. The number of aromatic nitrogens is 1. The summed E-state index contributed by atoms with van der Waals surface area (Å²) in [5, 5.41) is 2.36. The van der Waals surface area contributed by atoms with Crippen molar-refractivity contribution in [3.63, 3.8) is 0 Å². The van der Waals surface area contributed by atoms with Crippen molar-refractivity contribution in [1.29, 1.82) is 0 Å². The SMILES string of the molecule is Cc1cnc2cc(I)c(Cl)cc2c1Cl. The summed E-state index contributed by atoms with van der Waals surface area (Å²) in [4.78, 5) is 4.30. The molecular formula is C10H6Cl2IN. The molecule has 0 fully saturated rings. The summed E-state index contributed by atoms with van der Waals surface area (Å²) in [6, 6.07) is 3.80. The Balaban J connectivity index is 2.89. The number of pyridine rings is 1. The van der Waals surface area contributed by atoms with E-state index in [2.05, 4.69) is 27.6 Å². The number of aryl methyl sites for hydroxylation is 1. The molecular weight excluding hydrogens is 332 g/mol. The summed E-state index contributed by atoms with van der Waals surface area (Å²) in [6.07, 6.45) is 1.77. The van der Waals surface area contributed by atoms with Gasteiger partial charge in [0.05, 0.1) is 15.6 Å². The van der Waals surface area contributed by atoms with E-state index >= 15 is 0 Å². The van der Waals surface area contributed by atoms with Gasteiger partial charge in [0.15, 0.2) is 0 Å². The highest BCUT2D eigenvalue weighted by molar-refractivity contribution is 14.1. The van der Waals surface area contributed by atoms with E-state index in [4.69, 9.17) is 23.2 Å². The molecule has 14 heavy (non-hydrogen) atoms. The van der Waals surface area contributed by atoms with Gasteiger partial charge in [-0.15, -0.1) is 0 Å². The molecule has 1 nitrogen and oxygen atoms in total. The largest absolute Gasteiger partial charge is 0.256 e. The van der Waals surface area contributed by atoms with E-state index in [-0.39, 0.29) is 0 Å². The van der Waals surface area contributed by atoms with Crippen molar-refractivity contribution in [3.8, 4) is 0 Å². The quantitative estimate of drug-likeness (QED) is 0.647. The molecule has 1 aromatic carbocycles. The molecule has 0 spiro atoms. The maximum atomic E-state index is 6.15. The molecule has 0 saturated carbocycles. The number of benzene rings is 1. The van der Waals surface area contributed by atoms with Crippen LogP contribution in [0.4, 0.5) is 0 Å². The molecule has 2 rings (SSSR count). The topological polar surface area (TPSA) is 12.9 Å². The number of rotatable bonds is 0. The lowest BCUT2D eigenvalue weighted by Gasteiger charge is -2.04. The summed E-state index contributed by atoms with van der Waals surface area (Å²) >= 11 is 14.3. The van der Waals surface area contributed by atoms with Gasteiger partial charge in [0.1, 0.15) is 0 Å². The second-order valence-electron chi connectivity index (χ2n) is 3.04. The Bertz CT molecular complexity index is 511. The first-order chi connectivity index (χ1) is 6.59. The van der Waals surface area contributed by atoms with Crippen LogP contribution in [-0.2, 0) is 0 Å².